The summed E-state index contributed by atoms with van der Waals surface area (Å²) in [7, 11) is -4.08. The van der Waals surface area contributed by atoms with Crippen LogP contribution in [0.25, 0.3) is 0 Å². The highest BCUT2D eigenvalue weighted by Gasteiger charge is 2.33. The molecule has 0 heterocycles. The van der Waals surface area contributed by atoms with E-state index in [1.807, 2.05) is 57.2 Å². The Morgan fingerprint density at radius 2 is 1.45 bits per heavy atom. The molecule has 1 aliphatic carbocycles. The summed E-state index contributed by atoms with van der Waals surface area (Å²) < 4.78 is 29.1. The van der Waals surface area contributed by atoms with Crippen LogP contribution in [0.5, 0.6) is 0 Å². The minimum atomic E-state index is -4.08. The molecule has 2 amide bonds. The fourth-order valence-electron chi connectivity index (χ4n) is 5.06. The molecule has 0 aromatic heterocycles. The number of carbonyl (C=O) groups excluding carboxylic acids is 2. The third-order valence-electron chi connectivity index (χ3n) is 7.61. The fraction of sp³-hybridized carbons (Fsp3) is 0.375. The number of carbonyl (C=O) groups is 2. The lowest BCUT2D eigenvalue weighted by Gasteiger charge is -2.33. The van der Waals surface area contributed by atoms with Crippen LogP contribution >= 0.6 is 0 Å². The highest BCUT2D eigenvalue weighted by molar-refractivity contribution is 7.92. The number of rotatable bonds is 10. The summed E-state index contributed by atoms with van der Waals surface area (Å²) in [5.74, 6) is -0.676. The minimum absolute atomic E-state index is 0.103. The van der Waals surface area contributed by atoms with Gasteiger partial charge in [-0.15, -0.1) is 0 Å². The van der Waals surface area contributed by atoms with E-state index in [0.29, 0.717) is 5.69 Å². The fourth-order valence-corrected chi connectivity index (χ4v) is 6.54. The lowest BCUT2D eigenvalue weighted by atomic mass is 10.1. The molecule has 0 radical (unpaired) electrons. The molecule has 7 nitrogen and oxygen atoms in total. The predicted molar refractivity (Wildman–Crippen MR) is 158 cm³/mol. The second-order valence-corrected chi connectivity index (χ2v) is 12.6. The highest BCUT2D eigenvalue weighted by Crippen LogP contribution is 2.28. The van der Waals surface area contributed by atoms with Crippen LogP contribution < -0.4 is 9.62 Å². The summed E-state index contributed by atoms with van der Waals surface area (Å²) >= 11 is 0. The predicted octanol–water partition coefficient (Wildman–Crippen LogP) is 5.28. The quantitative estimate of drug-likeness (QED) is 0.365. The van der Waals surface area contributed by atoms with Gasteiger partial charge in [-0.25, -0.2) is 8.42 Å². The molecule has 1 unspecified atom stereocenters. The van der Waals surface area contributed by atoms with Crippen LogP contribution in [-0.4, -0.2) is 43.8 Å². The molecule has 8 heteroatoms. The number of benzene rings is 3. The third kappa shape index (κ3) is 6.91. The number of aryl methyl sites for hydroxylation is 3. The highest BCUT2D eigenvalue weighted by atomic mass is 32.2. The number of amides is 2. The van der Waals surface area contributed by atoms with E-state index < -0.39 is 28.5 Å². The lowest BCUT2D eigenvalue weighted by Crippen LogP contribution is -2.52. The van der Waals surface area contributed by atoms with E-state index in [2.05, 4.69) is 5.32 Å². The van der Waals surface area contributed by atoms with Crippen molar-refractivity contribution < 1.29 is 18.0 Å². The molecule has 0 aliphatic heterocycles. The van der Waals surface area contributed by atoms with Crippen LogP contribution in [0.2, 0.25) is 0 Å². The Morgan fingerprint density at radius 1 is 0.875 bits per heavy atom. The molecule has 40 heavy (non-hydrogen) atoms. The zero-order chi connectivity index (χ0) is 28.9. The van der Waals surface area contributed by atoms with Crippen molar-refractivity contribution >= 4 is 27.5 Å². The maximum atomic E-state index is 14.1. The zero-order valence-electron chi connectivity index (χ0n) is 23.8. The smallest absolute Gasteiger partial charge is 0.264 e. The summed E-state index contributed by atoms with van der Waals surface area (Å²) in [6, 6.07) is 20.8. The van der Waals surface area contributed by atoms with Gasteiger partial charge in [0.05, 0.1) is 10.6 Å². The molecular weight excluding hydrogens is 522 g/mol. The molecule has 0 spiro atoms. The van der Waals surface area contributed by atoms with Crippen molar-refractivity contribution in [1.82, 2.24) is 10.2 Å². The van der Waals surface area contributed by atoms with E-state index in [4.69, 9.17) is 0 Å². The molecule has 1 fully saturated rings. The van der Waals surface area contributed by atoms with E-state index in [-0.39, 0.29) is 23.4 Å². The van der Waals surface area contributed by atoms with E-state index in [9.17, 15) is 18.0 Å². The Kier molecular flexibility index (Phi) is 9.30. The van der Waals surface area contributed by atoms with Gasteiger partial charge in [0.25, 0.3) is 10.0 Å². The van der Waals surface area contributed by atoms with Crippen LogP contribution in [0.15, 0.2) is 77.7 Å². The van der Waals surface area contributed by atoms with Crippen molar-refractivity contribution in [2.45, 2.75) is 76.9 Å². The van der Waals surface area contributed by atoms with Crippen molar-refractivity contribution in [2.75, 3.05) is 10.8 Å². The summed E-state index contributed by atoms with van der Waals surface area (Å²) in [4.78, 5) is 29.0. The van der Waals surface area contributed by atoms with E-state index in [1.54, 1.807) is 43.3 Å². The normalized spacial score (nSPS) is 14.5. The largest absolute Gasteiger partial charge is 0.352 e. The van der Waals surface area contributed by atoms with Crippen LogP contribution in [0, 0.1) is 20.8 Å². The molecule has 0 bridgehead atoms. The van der Waals surface area contributed by atoms with Crippen LogP contribution in [-0.2, 0) is 26.2 Å². The second kappa shape index (κ2) is 12.7. The lowest BCUT2D eigenvalue weighted by molar-refractivity contribution is -0.139. The topological polar surface area (TPSA) is 86.8 Å². The van der Waals surface area contributed by atoms with Crippen LogP contribution in [0.1, 0.15) is 54.9 Å². The molecule has 4 rings (SSSR count). The molecular formula is C32H39N3O4S. The number of anilines is 1. The van der Waals surface area contributed by atoms with Crippen molar-refractivity contribution in [3.05, 3.63) is 95.1 Å². The maximum absolute atomic E-state index is 14.1. The molecule has 1 aliphatic rings. The second-order valence-electron chi connectivity index (χ2n) is 10.8. The minimum Gasteiger partial charge on any atom is -0.352 e. The monoisotopic (exact) mass is 561 g/mol. The first kappa shape index (κ1) is 29.3. The maximum Gasteiger partial charge on any atom is 0.264 e. The van der Waals surface area contributed by atoms with Gasteiger partial charge in [-0.1, -0.05) is 78.6 Å². The van der Waals surface area contributed by atoms with Crippen LogP contribution in [0.3, 0.4) is 0 Å². The molecule has 3 aromatic carbocycles. The zero-order valence-corrected chi connectivity index (χ0v) is 24.6. The van der Waals surface area contributed by atoms with Gasteiger partial charge in [-0.05, 0) is 69.9 Å². The van der Waals surface area contributed by atoms with Crippen molar-refractivity contribution in [1.29, 1.82) is 0 Å². The van der Waals surface area contributed by atoms with Gasteiger partial charge in [0.1, 0.15) is 12.6 Å². The first-order valence-electron chi connectivity index (χ1n) is 13.9. The van der Waals surface area contributed by atoms with Gasteiger partial charge < -0.3 is 10.2 Å². The summed E-state index contributed by atoms with van der Waals surface area (Å²) in [5.41, 5.74) is 4.04. The molecule has 1 atom stereocenters. The number of hydrogen-bond donors (Lipinski definition) is 1. The Balaban J connectivity index is 1.69. The van der Waals surface area contributed by atoms with Gasteiger partial charge in [-0.2, -0.15) is 0 Å². The van der Waals surface area contributed by atoms with Gasteiger partial charge in [0.15, 0.2) is 0 Å². The van der Waals surface area contributed by atoms with E-state index in [1.165, 1.54) is 9.21 Å². The van der Waals surface area contributed by atoms with Crippen LogP contribution in [0.4, 0.5) is 5.69 Å². The average molecular weight is 562 g/mol. The Bertz CT molecular complexity index is 1430. The first-order valence-corrected chi connectivity index (χ1v) is 15.3. The third-order valence-corrected chi connectivity index (χ3v) is 9.39. The molecule has 3 aromatic rings. The number of sulfonamides is 1. The summed E-state index contributed by atoms with van der Waals surface area (Å²) in [5, 5.41) is 3.10. The van der Waals surface area contributed by atoms with E-state index >= 15 is 0 Å². The summed E-state index contributed by atoms with van der Waals surface area (Å²) in [6.07, 6.45) is 4.02. The van der Waals surface area contributed by atoms with Gasteiger partial charge >= 0.3 is 0 Å². The van der Waals surface area contributed by atoms with Crippen molar-refractivity contribution in [2.24, 2.45) is 0 Å². The summed E-state index contributed by atoms with van der Waals surface area (Å²) in [6.45, 7) is 7.15. The van der Waals surface area contributed by atoms with E-state index in [0.717, 1.165) is 47.9 Å². The molecule has 1 N–H and O–H groups in total. The SMILES string of the molecule is Cc1ccc(CN(C(=O)CN(c2ccccc2C)S(=O)(=O)c2ccc(C)cc2)C(C)C(=O)NC2CCCC2)cc1. The Hall–Kier alpha value is -3.65. The Morgan fingerprint density at radius 3 is 2.05 bits per heavy atom. The average Bonchev–Trinajstić information content (AvgIpc) is 3.44. The number of para-hydroxylation sites is 1. The Labute approximate surface area is 238 Å². The first-order chi connectivity index (χ1) is 19.1. The van der Waals surface area contributed by atoms with Gasteiger partial charge in [0.2, 0.25) is 11.8 Å². The van der Waals surface area contributed by atoms with Gasteiger partial charge in [0, 0.05) is 12.6 Å². The molecule has 1 saturated carbocycles. The number of hydrogen-bond acceptors (Lipinski definition) is 4. The number of nitrogens with zero attached hydrogens (tertiary/aromatic N) is 2. The molecule has 212 valence electrons. The van der Waals surface area contributed by atoms with Gasteiger partial charge in [-0.3, -0.25) is 13.9 Å². The van der Waals surface area contributed by atoms with Crippen molar-refractivity contribution in [3.63, 3.8) is 0 Å². The molecule has 0 saturated heterocycles. The van der Waals surface area contributed by atoms with Crippen molar-refractivity contribution in [3.8, 4) is 0 Å². The standard InChI is InChI=1S/C32H39N3O4S/c1-23-13-17-27(18-14-23)21-34(26(4)32(37)33-28-10-6-7-11-28)31(36)22-35(30-12-8-5-9-25(30)3)40(38,39)29-19-15-24(2)16-20-29/h5,8-9,12-20,26,28H,6-7,10-11,21-22H2,1-4H3,(H,33,37). The number of nitrogens with one attached hydrogen (secondary N) is 1.